The predicted octanol–water partition coefficient (Wildman–Crippen LogP) is 0.258. The largest absolute Gasteiger partial charge is 0.481 e. The summed E-state index contributed by atoms with van der Waals surface area (Å²) in [5, 5.41) is 15.0. The summed E-state index contributed by atoms with van der Waals surface area (Å²) in [7, 11) is 2.08. The maximum Gasteiger partial charge on any atom is 0.315 e. The number of piperidine rings is 1. The van der Waals surface area contributed by atoms with Gasteiger partial charge >= 0.3 is 12.0 Å². The van der Waals surface area contributed by atoms with Gasteiger partial charge < -0.3 is 25.4 Å². The van der Waals surface area contributed by atoms with Gasteiger partial charge in [0.05, 0.1) is 19.3 Å². The van der Waals surface area contributed by atoms with Gasteiger partial charge in [0.15, 0.2) is 0 Å². The highest BCUT2D eigenvalue weighted by Gasteiger charge is 2.47. The Morgan fingerprint density at radius 3 is 2.71 bits per heavy atom. The van der Waals surface area contributed by atoms with Gasteiger partial charge in [-0.3, -0.25) is 4.79 Å². The molecule has 3 N–H and O–H groups in total. The summed E-state index contributed by atoms with van der Waals surface area (Å²) in [4.78, 5) is 25.7. The zero-order chi connectivity index (χ0) is 15.6. The van der Waals surface area contributed by atoms with E-state index in [1.54, 1.807) is 6.92 Å². The highest BCUT2D eigenvalue weighted by Crippen LogP contribution is 2.28. The monoisotopic (exact) mass is 299 g/mol. The number of carbonyl (C=O) groups excluding carboxylic acids is 1. The number of ether oxygens (including phenoxy) is 1. The Bertz CT molecular complexity index is 417. The standard InChI is InChI=1S/C14H25N3O4/c1-9-6-10(4-5-17(9)3)15-13(20)16-11-7-21-8-14(11,2)12(18)19/h9-11H,4-8H2,1-3H3,(H,18,19)(H2,15,16,20). The van der Waals surface area contributed by atoms with Crippen LogP contribution >= 0.6 is 0 Å². The van der Waals surface area contributed by atoms with Crippen LogP contribution in [0.25, 0.3) is 0 Å². The molecule has 0 aromatic heterocycles. The second kappa shape index (κ2) is 6.19. The summed E-state index contributed by atoms with van der Waals surface area (Å²) in [6, 6.07) is -0.240. The smallest absolute Gasteiger partial charge is 0.315 e. The fourth-order valence-electron chi connectivity index (χ4n) is 2.89. The van der Waals surface area contributed by atoms with Crippen molar-refractivity contribution in [3.63, 3.8) is 0 Å². The number of hydrogen-bond donors (Lipinski definition) is 3. The van der Waals surface area contributed by atoms with Crippen LogP contribution in [-0.2, 0) is 9.53 Å². The fraction of sp³-hybridized carbons (Fsp3) is 0.857. The number of urea groups is 1. The van der Waals surface area contributed by atoms with E-state index in [1.807, 2.05) is 0 Å². The first-order valence-electron chi connectivity index (χ1n) is 7.41. The van der Waals surface area contributed by atoms with Crippen molar-refractivity contribution in [3.05, 3.63) is 0 Å². The first-order valence-corrected chi connectivity index (χ1v) is 7.41. The molecule has 0 aliphatic carbocycles. The van der Waals surface area contributed by atoms with Crippen LogP contribution in [0.5, 0.6) is 0 Å². The highest BCUT2D eigenvalue weighted by atomic mass is 16.5. The van der Waals surface area contributed by atoms with E-state index >= 15 is 0 Å². The Hall–Kier alpha value is -1.34. The Labute approximate surface area is 125 Å². The number of rotatable bonds is 3. The summed E-state index contributed by atoms with van der Waals surface area (Å²) in [6.45, 7) is 5.05. The van der Waals surface area contributed by atoms with Crippen LogP contribution in [0.1, 0.15) is 26.7 Å². The van der Waals surface area contributed by atoms with Crippen LogP contribution in [0.4, 0.5) is 4.79 Å². The van der Waals surface area contributed by atoms with Gasteiger partial charge in [0.1, 0.15) is 5.41 Å². The van der Waals surface area contributed by atoms with Crippen molar-refractivity contribution in [1.29, 1.82) is 0 Å². The third kappa shape index (κ3) is 3.47. The lowest BCUT2D eigenvalue weighted by atomic mass is 9.85. The molecule has 2 saturated heterocycles. The van der Waals surface area contributed by atoms with Crippen molar-refractivity contribution in [2.75, 3.05) is 26.8 Å². The molecule has 2 fully saturated rings. The summed E-state index contributed by atoms with van der Waals surface area (Å²) in [5.41, 5.74) is -1.06. The molecule has 21 heavy (non-hydrogen) atoms. The molecule has 0 saturated carbocycles. The van der Waals surface area contributed by atoms with E-state index in [1.165, 1.54) is 0 Å². The second-order valence-corrected chi connectivity index (χ2v) is 6.46. The summed E-state index contributed by atoms with van der Waals surface area (Å²) < 4.78 is 5.23. The normalized spacial score (nSPS) is 37.2. The Morgan fingerprint density at radius 1 is 1.38 bits per heavy atom. The van der Waals surface area contributed by atoms with Gasteiger partial charge in [0, 0.05) is 18.6 Å². The minimum absolute atomic E-state index is 0.124. The molecule has 7 nitrogen and oxygen atoms in total. The molecule has 0 spiro atoms. The van der Waals surface area contributed by atoms with Gasteiger partial charge in [-0.15, -0.1) is 0 Å². The zero-order valence-corrected chi connectivity index (χ0v) is 12.9. The lowest BCUT2D eigenvalue weighted by Crippen LogP contribution is -2.55. The summed E-state index contributed by atoms with van der Waals surface area (Å²) in [6.07, 6.45) is 1.81. The molecule has 0 radical (unpaired) electrons. The predicted molar refractivity (Wildman–Crippen MR) is 77.1 cm³/mol. The molecule has 0 aromatic carbocycles. The topological polar surface area (TPSA) is 90.9 Å². The highest BCUT2D eigenvalue weighted by molar-refractivity contribution is 5.79. The quantitative estimate of drug-likeness (QED) is 0.695. The van der Waals surface area contributed by atoms with Crippen LogP contribution in [-0.4, -0.2) is 66.9 Å². The van der Waals surface area contributed by atoms with E-state index in [0.29, 0.717) is 6.04 Å². The molecule has 0 aromatic rings. The van der Waals surface area contributed by atoms with E-state index in [9.17, 15) is 14.7 Å². The molecule has 4 atom stereocenters. The number of carboxylic acids is 1. The molecule has 2 amide bonds. The van der Waals surface area contributed by atoms with E-state index < -0.39 is 17.4 Å². The van der Waals surface area contributed by atoms with Crippen LogP contribution in [0.3, 0.4) is 0 Å². The number of likely N-dealkylation sites (tertiary alicyclic amines) is 1. The van der Waals surface area contributed by atoms with Gasteiger partial charge in [0.25, 0.3) is 0 Å². The van der Waals surface area contributed by atoms with Crippen molar-refractivity contribution in [2.45, 2.75) is 44.8 Å². The molecule has 120 valence electrons. The molecule has 2 rings (SSSR count). The Balaban J connectivity index is 1.86. The first kappa shape index (κ1) is 16.0. The number of amides is 2. The number of hydrogen-bond acceptors (Lipinski definition) is 4. The third-order valence-corrected chi connectivity index (χ3v) is 4.79. The Morgan fingerprint density at radius 2 is 2.10 bits per heavy atom. The number of carboxylic acid groups (broad SMARTS) is 1. The van der Waals surface area contributed by atoms with Gasteiger partial charge in [-0.2, -0.15) is 0 Å². The first-order chi connectivity index (χ1) is 9.83. The second-order valence-electron chi connectivity index (χ2n) is 6.46. The van der Waals surface area contributed by atoms with Crippen LogP contribution in [0, 0.1) is 5.41 Å². The minimum Gasteiger partial charge on any atom is -0.481 e. The van der Waals surface area contributed by atoms with E-state index in [4.69, 9.17) is 4.74 Å². The van der Waals surface area contributed by atoms with E-state index in [2.05, 4.69) is 29.5 Å². The molecular weight excluding hydrogens is 274 g/mol. The Kier molecular flexibility index (Phi) is 4.73. The molecule has 2 heterocycles. The molecule has 0 bridgehead atoms. The zero-order valence-electron chi connectivity index (χ0n) is 12.9. The number of nitrogens with one attached hydrogen (secondary N) is 2. The van der Waals surface area contributed by atoms with Crippen molar-refractivity contribution >= 4 is 12.0 Å². The number of aliphatic carboxylic acids is 1. The average Bonchev–Trinajstić information content (AvgIpc) is 2.77. The average molecular weight is 299 g/mol. The van der Waals surface area contributed by atoms with Gasteiger partial charge in [-0.1, -0.05) is 0 Å². The molecular formula is C14H25N3O4. The lowest BCUT2D eigenvalue weighted by molar-refractivity contribution is -0.148. The van der Waals surface area contributed by atoms with Crippen LogP contribution in [0.15, 0.2) is 0 Å². The lowest BCUT2D eigenvalue weighted by Gasteiger charge is -2.35. The van der Waals surface area contributed by atoms with Crippen molar-refractivity contribution in [1.82, 2.24) is 15.5 Å². The van der Waals surface area contributed by atoms with Gasteiger partial charge in [-0.05, 0) is 33.7 Å². The minimum atomic E-state index is -1.06. The molecule has 4 unspecified atom stereocenters. The van der Waals surface area contributed by atoms with Crippen molar-refractivity contribution in [2.24, 2.45) is 5.41 Å². The van der Waals surface area contributed by atoms with Gasteiger partial charge in [-0.25, -0.2) is 4.79 Å². The summed E-state index contributed by atoms with van der Waals surface area (Å²) in [5.74, 6) is -0.946. The van der Waals surface area contributed by atoms with E-state index in [0.717, 1.165) is 19.4 Å². The third-order valence-electron chi connectivity index (χ3n) is 4.79. The van der Waals surface area contributed by atoms with Crippen LogP contribution < -0.4 is 10.6 Å². The molecule has 2 aliphatic rings. The molecule has 2 aliphatic heterocycles. The van der Waals surface area contributed by atoms with Crippen molar-refractivity contribution < 1.29 is 19.4 Å². The van der Waals surface area contributed by atoms with Crippen LogP contribution in [0.2, 0.25) is 0 Å². The van der Waals surface area contributed by atoms with Crippen molar-refractivity contribution in [3.8, 4) is 0 Å². The maximum atomic E-state index is 12.1. The number of nitrogens with zero attached hydrogens (tertiary/aromatic N) is 1. The number of carbonyl (C=O) groups is 2. The maximum absolute atomic E-state index is 12.1. The fourth-order valence-corrected chi connectivity index (χ4v) is 2.89. The van der Waals surface area contributed by atoms with E-state index in [-0.39, 0.29) is 25.3 Å². The summed E-state index contributed by atoms with van der Waals surface area (Å²) >= 11 is 0. The molecule has 7 heteroatoms. The van der Waals surface area contributed by atoms with Gasteiger partial charge in [0.2, 0.25) is 0 Å². The SMILES string of the molecule is CC1CC(NC(=O)NC2COCC2(C)C(=O)O)CCN1C.